The van der Waals surface area contributed by atoms with Gasteiger partial charge in [-0.3, -0.25) is 0 Å². The summed E-state index contributed by atoms with van der Waals surface area (Å²) in [6, 6.07) is 0. The molecular weight excluding hydrogens is 171 g/mol. The smallest absolute Gasteiger partial charge is 0.779 e. The third kappa shape index (κ3) is 2.10. The summed E-state index contributed by atoms with van der Waals surface area (Å²) in [4.78, 5) is 1.04. The normalized spacial score (nSPS) is 9.62. The van der Waals surface area contributed by atoms with Gasteiger partial charge in [0.2, 0.25) is 0 Å². The van der Waals surface area contributed by atoms with Crippen LogP contribution in [0.2, 0.25) is 0 Å². The SMILES string of the molecule is Cc1c(C)c(C)c([S-])c(C)c1C.[Li+]. The standard InChI is InChI=1S/C11H16S.Li/c1-6-7(2)9(4)11(12)10(5)8(6)3;/h12H,1-5H3;/q;+1/p-1. The number of hydrogen-bond donors (Lipinski definition) is 0. The van der Waals surface area contributed by atoms with E-state index < -0.39 is 0 Å². The van der Waals surface area contributed by atoms with E-state index in [1.165, 1.54) is 27.8 Å². The molecule has 0 aliphatic rings. The number of benzene rings is 1. The summed E-state index contributed by atoms with van der Waals surface area (Å²) in [5, 5.41) is 0. The molecule has 0 spiro atoms. The van der Waals surface area contributed by atoms with Crippen molar-refractivity contribution in [2.24, 2.45) is 0 Å². The Kier molecular flexibility index (Phi) is 4.52. The van der Waals surface area contributed by atoms with Gasteiger partial charge >= 0.3 is 18.9 Å². The molecular formula is C11H15LiS. The monoisotopic (exact) mass is 186 g/mol. The quantitative estimate of drug-likeness (QED) is 0.410. The first-order valence-corrected chi connectivity index (χ1v) is 4.61. The molecule has 0 aliphatic carbocycles. The van der Waals surface area contributed by atoms with Crippen molar-refractivity contribution >= 4 is 12.6 Å². The van der Waals surface area contributed by atoms with Crippen LogP contribution < -0.4 is 18.9 Å². The molecule has 0 nitrogen and oxygen atoms in total. The Labute approximate surface area is 98.7 Å². The zero-order chi connectivity index (χ0) is 9.46. The van der Waals surface area contributed by atoms with Crippen LogP contribution in [0, 0.1) is 34.6 Å². The Morgan fingerprint density at radius 3 is 1.15 bits per heavy atom. The van der Waals surface area contributed by atoms with E-state index in [9.17, 15) is 0 Å². The molecule has 1 aromatic carbocycles. The second-order valence-electron chi connectivity index (χ2n) is 3.45. The fraction of sp³-hybridized carbons (Fsp3) is 0.455. The Hall–Kier alpha value is 0.0374. The molecule has 0 N–H and O–H groups in total. The van der Waals surface area contributed by atoms with E-state index in [0.717, 1.165) is 4.90 Å². The minimum absolute atomic E-state index is 0. The molecule has 0 heterocycles. The minimum atomic E-state index is 0. The van der Waals surface area contributed by atoms with Crippen LogP contribution in [0.5, 0.6) is 0 Å². The van der Waals surface area contributed by atoms with Crippen LogP contribution in [0.1, 0.15) is 27.8 Å². The van der Waals surface area contributed by atoms with E-state index in [1.54, 1.807) is 0 Å². The van der Waals surface area contributed by atoms with E-state index in [1.807, 2.05) is 0 Å². The van der Waals surface area contributed by atoms with Crippen molar-refractivity contribution < 1.29 is 18.9 Å². The Morgan fingerprint density at radius 2 is 0.846 bits per heavy atom. The summed E-state index contributed by atoms with van der Waals surface area (Å²) in [6.45, 7) is 10.7. The fourth-order valence-electron chi connectivity index (χ4n) is 1.47. The van der Waals surface area contributed by atoms with Crippen molar-refractivity contribution in [3.05, 3.63) is 27.8 Å². The Morgan fingerprint density at radius 1 is 0.615 bits per heavy atom. The molecule has 2 heteroatoms. The Balaban J connectivity index is 0.00000144. The molecule has 0 radical (unpaired) electrons. The number of hydrogen-bond acceptors (Lipinski definition) is 1. The van der Waals surface area contributed by atoms with Crippen LogP contribution in [0.25, 0.3) is 0 Å². The van der Waals surface area contributed by atoms with E-state index in [2.05, 4.69) is 34.6 Å². The van der Waals surface area contributed by atoms with Crippen molar-refractivity contribution in [3.8, 4) is 0 Å². The van der Waals surface area contributed by atoms with Crippen LogP contribution in [0.15, 0.2) is 4.90 Å². The molecule has 0 aromatic heterocycles. The summed E-state index contributed by atoms with van der Waals surface area (Å²) in [6.07, 6.45) is 0. The molecule has 1 aromatic rings. The largest absolute Gasteiger partial charge is 1.00 e. The molecule has 0 fully saturated rings. The zero-order valence-electron chi connectivity index (χ0n) is 9.41. The predicted molar refractivity (Wildman–Crippen MR) is 55.8 cm³/mol. The van der Waals surface area contributed by atoms with E-state index in [-0.39, 0.29) is 18.9 Å². The summed E-state index contributed by atoms with van der Waals surface area (Å²) in [5.41, 5.74) is 6.63. The topological polar surface area (TPSA) is 0 Å². The van der Waals surface area contributed by atoms with E-state index in [0.29, 0.717) is 0 Å². The van der Waals surface area contributed by atoms with Crippen molar-refractivity contribution in [2.45, 2.75) is 39.5 Å². The van der Waals surface area contributed by atoms with Gasteiger partial charge in [-0.25, -0.2) is 0 Å². The van der Waals surface area contributed by atoms with Gasteiger partial charge in [-0.15, -0.1) is 0 Å². The van der Waals surface area contributed by atoms with Gasteiger partial charge in [0.05, 0.1) is 0 Å². The van der Waals surface area contributed by atoms with Gasteiger partial charge in [-0.2, -0.15) is 4.90 Å². The minimum Gasteiger partial charge on any atom is -0.779 e. The summed E-state index contributed by atoms with van der Waals surface area (Å²) in [5.74, 6) is 0. The molecule has 13 heavy (non-hydrogen) atoms. The van der Waals surface area contributed by atoms with Crippen molar-refractivity contribution in [2.75, 3.05) is 0 Å². The summed E-state index contributed by atoms with van der Waals surface area (Å²) >= 11 is 5.33. The number of rotatable bonds is 0. The van der Waals surface area contributed by atoms with Gasteiger partial charge in [-0.05, 0) is 51.3 Å². The Bertz CT molecular complexity index is 224. The molecule has 0 saturated heterocycles. The maximum Gasteiger partial charge on any atom is 1.00 e. The second kappa shape index (κ2) is 4.51. The summed E-state index contributed by atoms with van der Waals surface area (Å²) in [7, 11) is 0. The van der Waals surface area contributed by atoms with Crippen LogP contribution >= 0.6 is 0 Å². The van der Waals surface area contributed by atoms with Gasteiger partial charge in [0.25, 0.3) is 0 Å². The van der Waals surface area contributed by atoms with Crippen molar-refractivity contribution in [3.63, 3.8) is 0 Å². The van der Waals surface area contributed by atoms with Gasteiger partial charge in [0.15, 0.2) is 0 Å². The molecule has 0 bridgehead atoms. The zero-order valence-corrected chi connectivity index (χ0v) is 10.2. The molecule has 0 unspecified atom stereocenters. The molecule has 0 atom stereocenters. The van der Waals surface area contributed by atoms with Crippen molar-refractivity contribution in [1.82, 2.24) is 0 Å². The van der Waals surface area contributed by atoms with Gasteiger partial charge in [-0.1, -0.05) is 11.1 Å². The van der Waals surface area contributed by atoms with Crippen LogP contribution in [0.4, 0.5) is 0 Å². The van der Waals surface area contributed by atoms with Crippen LogP contribution in [0.3, 0.4) is 0 Å². The average Bonchev–Trinajstić information content (AvgIpc) is 2.08. The second-order valence-corrected chi connectivity index (χ2v) is 3.86. The van der Waals surface area contributed by atoms with Crippen LogP contribution in [-0.2, 0) is 12.6 Å². The first-order chi connectivity index (χ1) is 5.46. The van der Waals surface area contributed by atoms with Crippen molar-refractivity contribution in [1.29, 1.82) is 0 Å². The summed E-state index contributed by atoms with van der Waals surface area (Å²) < 4.78 is 0. The first kappa shape index (κ1) is 13.0. The molecule has 0 saturated carbocycles. The van der Waals surface area contributed by atoms with Gasteiger partial charge in [0.1, 0.15) is 0 Å². The maximum atomic E-state index is 5.33. The maximum absolute atomic E-state index is 5.33. The molecule has 1 rings (SSSR count). The van der Waals surface area contributed by atoms with Gasteiger partial charge in [0, 0.05) is 0 Å². The molecule has 0 aliphatic heterocycles. The third-order valence-electron chi connectivity index (χ3n) is 2.93. The molecule has 66 valence electrons. The van der Waals surface area contributed by atoms with E-state index >= 15 is 0 Å². The van der Waals surface area contributed by atoms with E-state index in [4.69, 9.17) is 12.6 Å². The predicted octanol–water partition coefficient (Wildman–Crippen LogP) is 0.138. The van der Waals surface area contributed by atoms with Gasteiger partial charge < -0.3 is 12.6 Å². The first-order valence-electron chi connectivity index (χ1n) is 4.20. The third-order valence-corrected chi connectivity index (χ3v) is 3.54. The average molecular weight is 186 g/mol. The molecule has 0 amide bonds. The van der Waals surface area contributed by atoms with Crippen LogP contribution in [-0.4, -0.2) is 0 Å². The fourth-order valence-corrected chi connectivity index (χ4v) is 1.77.